The Morgan fingerprint density at radius 3 is 2.36 bits per heavy atom. The van der Waals surface area contributed by atoms with Gasteiger partial charge in [-0.25, -0.2) is 4.57 Å². The van der Waals surface area contributed by atoms with Gasteiger partial charge in [0.1, 0.15) is 5.75 Å². The van der Waals surface area contributed by atoms with Crippen molar-refractivity contribution < 1.29 is 14.0 Å². The minimum absolute atomic E-state index is 0.413. The van der Waals surface area contributed by atoms with Gasteiger partial charge in [0, 0.05) is 6.66 Å². The number of hydrogen-bond donors (Lipinski definition) is 1. The van der Waals surface area contributed by atoms with Crippen LogP contribution in [0.3, 0.4) is 0 Å². The van der Waals surface area contributed by atoms with Crippen molar-refractivity contribution in [1.29, 1.82) is 0 Å². The van der Waals surface area contributed by atoms with E-state index in [2.05, 4.69) is 24.3 Å². The third-order valence-corrected chi connectivity index (χ3v) is 3.96. The quantitative estimate of drug-likeness (QED) is 0.692. The Balaban J connectivity index is 2.07. The Bertz CT molecular complexity index is 880. The minimum Gasteiger partial charge on any atom is -0.425 e. The highest BCUT2D eigenvalue weighted by Crippen LogP contribution is 2.40. The Morgan fingerprint density at radius 1 is 0.909 bits per heavy atom. The van der Waals surface area contributed by atoms with Crippen molar-refractivity contribution in [2.24, 2.45) is 0 Å². The Labute approximate surface area is 129 Å². The van der Waals surface area contributed by atoms with E-state index in [1.54, 1.807) is 12.1 Å². The molecule has 0 amide bonds. The van der Waals surface area contributed by atoms with Crippen molar-refractivity contribution >= 4 is 18.4 Å². The van der Waals surface area contributed by atoms with Gasteiger partial charge in [-0.1, -0.05) is 42.5 Å². The van der Waals surface area contributed by atoms with Crippen molar-refractivity contribution in [3.63, 3.8) is 0 Å². The van der Waals surface area contributed by atoms with Gasteiger partial charge in [-0.05, 0) is 52.6 Å². The third-order valence-electron chi connectivity index (χ3n) is 3.41. The van der Waals surface area contributed by atoms with E-state index in [1.807, 2.05) is 31.2 Å². The molecule has 3 rings (SSSR count). The topological polar surface area (TPSA) is 46.5 Å². The zero-order valence-electron chi connectivity index (χ0n) is 12.5. The third kappa shape index (κ3) is 3.38. The van der Waals surface area contributed by atoms with Crippen LogP contribution in [0.25, 0.3) is 21.9 Å². The van der Waals surface area contributed by atoms with Crippen LogP contribution in [0.1, 0.15) is 5.56 Å². The first-order valence-electron chi connectivity index (χ1n) is 7.01. The molecule has 3 aromatic rings. The smallest absolute Gasteiger partial charge is 0.373 e. The van der Waals surface area contributed by atoms with E-state index in [9.17, 15) is 9.46 Å². The molecule has 0 heterocycles. The molecule has 0 saturated heterocycles. The summed E-state index contributed by atoms with van der Waals surface area (Å²) in [7, 11) is -3.56. The van der Waals surface area contributed by atoms with Crippen LogP contribution in [0.2, 0.25) is 0 Å². The lowest BCUT2D eigenvalue weighted by molar-refractivity contribution is 0.387. The summed E-state index contributed by atoms with van der Waals surface area (Å²) >= 11 is 0. The first-order chi connectivity index (χ1) is 10.4. The fraction of sp³-hybridized carbons (Fsp3) is 0.111. The molecule has 0 fully saturated rings. The SMILES string of the molecule is Cc1cc(OP(C)(=O)O)cc(-c2ccc3ccccc3c2)c1. The van der Waals surface area contributed by atoms with Crippen molar-refractivity contribution in [2.45, 2.75) is 6.92 Å². The number of hydrogen-bond acceptors (Lipinski definition) is 2. The Morgan fingerprint density at radius 2 is 1.64 bits per heavy atom. The Hall–Kier alpha value is -2.09. The fourth-order valence-electron chi connectivity index (χ4n) is 2.53. The van der Waals surface area contributed by atoms with Crippen LogP contribution in [0.5, 0.6) is 5.75 Å². The molecule has 0 radical (unpaired) electrons. The molecule has 0 aliphatic rings. The second-order valence-corrected chi connectivity index (χ2v) is 7.28. The summed E-state index contributed by atoms with van der Waals surface area (Å²) in [6, 6.07) is 20.0. The van der Waals surface area contributed by atoms with Gasteiger partial charge in [0.25, 0.3) is 0 Å². The molecule has 0 aliphatic carbocycles. The Kier molecular flexibility index (Phi) is 3.78. The highest BCUT2D eigenvalue weighted by atomic mass is 31.2. The van der Waals surface area contributed by atoms with Gasteiger partial charge < -0.3 is 9.42 Å². The summed E-state index contributed by atoms with van der Waals surface area (Å²) in [5.74, 6) is 0.413. The second kappa shape index (κ2) is 5.60. The summed E-state index contributed by atoms with van der Waals surface area (Å²) in [6.45, 7) is 3.13. The van der Waals surface area contributed by atoms with Gasteiger partial charge in [-0.3, -0.25) is 0 Å². The predicted octanol–water partition coefficient (Wildman–Crippen LogP) is 5.01. The van der Waals surface area contributed by atoms with Crippen LogP contribution in [0, 0.1) is 6.92 Å². The zero-order valence-corrected chi connectivity index (χ0v) is 13.4. The molecule has 22 heavy (non-hydrogen) atoms. The molecule has 1 N–H and O–H groups in total. The standard InChI is InChI=1S/C18H17O3P/c1-13-9-17(12-18(10-13)21-22(2,19)20)16-8-7-14-5-3-4-6-15(14)11-16/h3-12H,1-2H3,(H,19,20). The summed E-state index contributed by atoms with van der Waals surface area (Å²) in [5, 5.41) is 2.34. The molecule has 0 aliphatic heterocycles. The maximum Gasteiger partial charge on any atom is 0.373 e. The maximum atomic E-state index is 11.5. The molecule has 1 unspecified atom stereocenters. The zero-order chi connectivity index (χ0) is 15.7. The van der Waals surface area contributed by atoms with E-state index in [4.69, 9.17) is 4.52 Å². The first-order valence-corrected chi connectivity index (χ1v) is 9.04. The molecule has 112 valence electrons. The van der Waals surface area contributed by atoms with Gasteiger partial charge in [0.2, 0.25) is 0 Å². The van der Waals surface area contributed by atoms with Crippen molar-refractivity contribution in [1.82, 2.24) is 0 Å². The summed E-state index contributed by atoms with van der Waals surface area (Å²) in [4.78, 5) is 9.40. The molecule has 0 spiro atoms. The number of aryl methyl sites for hydroxylation is 1. The van der Waals surface area contributed by atoms with Crippen LogP contribution in [-0.4, -0.2) is 11.6 Å². The van der Waals surface area contributed by atoms with Crippen LogP contribution in [0.15, 0.2) is 60.7 Å². The lowest BCUT2D eigenvalue weighted by Crippen LogP contribution is -1.91. The van der Waals surface area contributed by atoms with Crippen LogP contribution in [-0.2, 0) is 4.57 Å². The maximum absolute atomic E-state index is 11.5. The number of benzene rings is 3. The van der Waals surface area contributed by atoms with E-state index in [1.165, 1.54) is 12.1 Å². The molecule has 0 aromatic heterocycles. The molecule has 0 bridgehead atoms. The molecule has 3 nitrogen and oxygen atoms in total. The minimum atomic E-state index is -3.56. The van der Waals surface area contributed by atoms with Crippen LogP contribution in [0.4, 0.5) is 0 Å². The molecular formula is C18H17O3P. The van der Waals surface area contributed by atoms with E-state index >= 15 is 0 Å². The number of rotatable bonds is 3. The van der Waals surface area contributed by atoms with E-state index in [0.717, 1.165) is 22.1 Å². The van der Waals surface area contributed by atoms with E-state index in [0.29, 0.717) is 5.75 Å². The average molecular weight is 312 g/mol. The highest BCUT2D eigenvalue weighted by molar-refractivity contribution is 7.52. The van der Waals surface area contributed by atoms with Gasteiger partial charge in [-0.2, -0.15) is 0 Å². The largest absolute Gasteiger partial charge is 0.425 e. The monoisotopic (exact) mass is 312 g/mol. The summed E-state index contributed by atoms with van der Waals surface area (Å²) < 4.78 is 16.6. The molecular weight excluding hydrogens is 295 g/mol. The summed E-state index contributed by atoms with van der Waals surface area (Å²) in [6.07, 6.45) is 0. The van der Waals surface area contributed by atoms with Gasteiger partial charge >= 0.3 is 7.60 Å². The fourth-order valence-corrected chi connectivity index (χ4v) is 3.03. The molecule has 4 heteroatoms. The van der Waals surface area contributed by atoms with Crippen molar-refractivity contribution in [3.05, 3.63) is 66.2 Å². The van der Waals surface area contributed by atoms with Crippen molar-refractivity contribution in [3.8, 4) is 16.9 Å². The van der Waals surface area contributed by atoms with E-state index in [-0.39, 0.29) is 0 Å². The van der Waals surface area contributed by atoms with Gasteiger partial charge in [0.05, 0.1) is 0 Å². The van der Waals surface area contributed by atoms with E-state index < -0.39 is 7.60 Å². The van der Waals surface area contributed by atoms with Gasteiger partial charge in [0.15, 0.2) is 0 Å². The lowest BCUT2D eigenvalue weighted by atomic mass is 10.00. The second-order valence-electron chi connectivity index (χ2n) is 5.49. The molecule has 3 aromatic carbocycles. The van der Waals surface area contributed by atoms with Crippen LogP contribution >= 0.6 is 7.60 Å². The molecule has 0 saturated carbocycles. The first kappa shape index (κ1) is 14.8. The normalized spacial score (nSPS) is 13.8. The number of fused-ring (bicyclic) bond motifs is 1. The van der Waals surface area contributed by atoms with Gasteiger partial charge in [-0.15, -0.1) is 0 Å². The molecule has 1 atom stereocenters. The predicted molar refractivity (Wildman–Crippen MR) is 90.5 cm³/mol. The lowest BCUT2D eigenvalue weighted by Gasteiger charge is -2.12. The summed E-state index contributed by atoms with van der Waals surface area (Å²) in [5.41, 5.74) is 3.00. The highest BCUT2D eigenvalue weighted by Gasteiger charge is 2.13. The van der Waals surface area contributed by atoms with Crippen molar-refractivity contribution in [2.75, 3.05) is 6.66 Å². The average Bonchev–Trinajstić information content (AvgIpc) is 2.44. The van der Waals surface area contributed by atoms with Crippen LogP contribution < -0.4 is 4.52 Å².